The highest BCUT2D eigenvalue weighted by atomic mass is 16.2. The molecule has 2 N–H and O–H groups in total. The summed E-state index contributed by atoms with van der Waals surface area (Å²) >= 11 is 0. The van der Waals surface area contributed by atoms with Crippen molar-refractivity contribution in [2.45, 2.75) is 32.2 Å². The van der Waals surface area contributed by atoms with Crippen molar-refractivity contribution in [1.82, 2.24) is 9.80 Å². The third-order valence-corrected chi connectivity index (χ3v) is 3.20. The molecule has 1 aliphatic rings. The second kappa shape index (κ2) is 6.08. The largest absolute Gasteiger partial charge is 0.340 e. The van der Waals surface area contributed by atoms with E-state index in [0.717, 1.165) is 32.5 Å². The first-order chi connectivity index (χ1) is 7.19. The molecule has 0 aromatic carbocycles. The van der Waals surface area contributed by atoms with E-state index < -0.39 is 0 Å². The van der Waals surface area contributed by atoms with Crippen LogP contribution in [-0.4, -0.2) is 55.0 Å². The van der Waals surface area contributed by atoms with Gasteiger partial charge >= 0.3 is 0 Å². The first-order valence-electron chi connectivity index (χ1n) is 5.87. The van der Waals surface area contributed by atoms with Gasteiger partial charge in [-0.15, -0.1) is 0 Å². The molecule has 1 heterocycles. The summed E-state index contributed by atoms with van der Waals surface area (Å²) < 4.78 is 0. The quantitative estimate of drug-likeness (QED) is 0.729. The Morgan fingerprint density at radius 3 is 2.80 bits per heavy atom. The van der Waals surface area contributed by atoms with Gasteiger partial charge in [-0.3, -0.25) is 9.69 Å². The maximum absolute atomic E-state index is 11.8. The van der Waals surface area contributed by atoms with Crippen LogP contribution in [0.4, 0.5) is 0 Å². The van der Waals surface area contributed by atoms with Crippen LogP contribution in [0, 0.1) is 0 Å². The van der Waals surface area contributed by atoms with Crippen LogP contribution in [0.2, 0.25) is 0 Å². The second-order valence-corrected chi connectivity index (χ2v) is 4.27. The normalized spacial score (nSPS) is 23.1. The lowest BCUT2D eigenvalue weighted by Gasteiger charge is -2.39. The van der Waals surface area contributed by atoms with Crippen LogP contribution < -0.4 is 5.73 Å². The number of hydrogen-bond acceptors (Lipinski definition) is 3. The zero-order valence-electron chi connectivity index (χ0n) is 9.91. The highest BCUT2D eigenvalue weighted by molar-refractivity contribution is 5.76. The Morgan fingerprint density at radius 1 is 1.47 bits per heavy atom. The number of nitrogens with two attached hydrogens (primary N) is 1. The SMILES string of the molecule is CCC1CN(C(=O)CCCN)CCN1C. The summed E-state index contributed by atoms with van der Waals surface area (Å²) in [5, 5.41) is 0. The molecule has 1 amide bonds. The van der Waals surface area contributed by atoms with Gasteiger partial charge in [0.05, 0.1) is 0 Å². The zero-order valence-corrected chi connectivity index (χ0v) is 9.91. The molecule has 0 radical (unpaired) electrons. The molecule has 0 aliphatic carbocycles. The van der Waals surface area contributed by atoms with Gasteiger partial charge in [0.2, 0.25) is 5.91 Å². The molecule has 4 nitrogen and oxygen atoms in total. The van der Waals surface area contributed by atoms with E-state index in [2.05, 4.69) is 18.9 Å². The van der Waals surface area contributed by atoms with Crippen molar-refractivity contribution in [3.05, 3.63) is 0 Å². The minimum absolute atomic E-state index is 0.270. The molecule has 88 valence electrons. The summed E-state index contributed by atoms with van der Waals surface area (Å²) in [5.74, 6) is 0.270. The number of piperazine rings is 1. The highest BCUT2D eigenvalue weighted by Gasteiger charge is 2.25. The lowest BCUT2D eigenvalue weighted by molar-refractivity contribution is -0.134. The summed E-state index contributed by atoms with van der Waals surface area (Å²) in [4.78, 5) is 16.1. The van der Waals surface area contributed by atoms with Crippen molar-refractivity contribution in [1.29, 1.82) is 0 Å². The minimum atomic E-state index is 0.270. The summed E-state index contributed by atoms with van der Waals surface area (Å²) in [6, 6.07) is 0.528. The van der Waals surface area contributed by atoms with Crippen molar-refractivity contribution in [2.75, 3.05) is 33.2 Å². The molecule has 1 unspecified atom stereocenters. The van der Waals surface area contributed by atoms with E-state index in [1.165, 1.54) is 0 Å². The third kappa shape index (κ3) is 3.47. The fourth-order valence-corrected chi connectivity index (χ4v) is 2.02. The van der Waals surface area contributed by atoms with Gasteiger partial charge in [0, 0.05) is 32.1 Å². The molecule has 1 aliphatic heterocycles. The Labute approximate surface area is 92.4 Å². The standard InChI is InChI=1S/C11H23N3O/c1-3-10-9-14(8-7-13(10)2)11(15)5-4-6-12/h10H,3-9,12H2,1-2H3. The molecule has 1 atom stereocenters. The van der Waals surface area contributed by atoms with Crippen molar-refractivity contribution >= 4 is 5.91 Å². The number of hydrogen-bond donors (Lipinski definition) is 1. The lowest BCUT2D eigenvalue weighted by atomic mass is 10.1. The smallest absolute Gasteiger partial charge is 0.222 e. The number of nitrogens with zero attached hydrogens (tertiary/aromatic N) is 2. The fraction of sp³-hybridized carbons (Fsp3) is 0.909. The zero-order chi connectivity index (χ0) is 11.3. The monoisotopic (exact) mass is 213 g/mol. The van der Waals surface area contributed by atoms with Crippen molar-refractivity contribution in [3.63, 3.8) is 0 Å². The van der Waals surface area contributed by atoms with Crippen molar-refractivity contribution in [2.24, 2.45) is 5.73 Å². The second-order valence-electron chi connectivity index (χ2n) is 4.27. The average Bonchev–Trinajstić information content (AvgIpc) is 2.26. The Bertz CT molecular complexity index is 208. The number of carbonyl (C=O) groups excluding carboxylic acids is 1. The van der Waals surface area contributed by atoms with Gasteiger partial charge < -0.3 is 10.6 Å². The van der Waals surface area contributed by atoms with Crippen LogP contribution in [0.5, 0.6) is 0 Å². The molecule has 0 saturated carbocycles. The molecule has 0 aromatic heterocycles. The van der Waals surface area contributed by atoms with Gasteiger partial charge in [-0.05, 0) is 26.4 Å². The van der Waals surface area contributed by atoms with E-state index in [9.17, 15) is 4.79 Å². The predicted molar refractivity (Wildman–Crippen MR) is 61.6 cm³/mol. The fourth-order valence-electron chi connectivity index (χ4n) is 2.02. The first kappa shape index (κ1) is 12.5. The minimum Gasteiger partial charge on any atom is -0.340 e. The van der Waals surface area contributed by atoms with Gasteiger partial charge in [0.1, 0.15) is 0 Å². The summed E-state index contributed by atoms with van der Waals surface area (Å²) in [5.41, 5.74) is 5.40. The van der Waals surface area contributed by atoms with Crippen molar-refractivity contribution in [3.8, 4) is 0 Å². The number of likely N-dealkylation sites (N-methyl/N-ethyl adjacent to an activating group) is 1. The molecule has 1 saturated heterocycles. The van der Waals surface area contributed by atoms with E-state index in [4.69, 9.17) is 5.73 Å². The predicted octanol–water partition coefficient (Wildman–Crippen LogP) is 0.278. The Kier molecular flexibility index (Phi) is 5.05. The molecule has 15 heavy (non-hydrogen) atoms. The van der Waals surface area contributed by atoms with E-state index in [0.29, 0.717) is 19.0 Å². The molecule has 1 rings (SSSR count). The van der Waals surface area contributed by atoms with Gasteiger partial charge in [-0.25, -0.2) is 0 Å². The van der Waals surface area contributed by atoms with E-state index in [-0.39, 0.29) is 5.91 Å². The van der Waals surface area contributed by atoms with Crippen LogP contribution in [0.3, 0.4) is 0 Å². The lowest BCUT2D eigenvalue weighted by Crippen LogP contribution is -2.52. The summed E-state index contributed by atoms with van der Waals surface area (Å²) in [6.07, 6.45) is 2.52. The van der Waals surface area contributed by atoms with Crippen LogP contribution in [0.25, 0.3) is 0 Å². The van der Waals surface area contributed by atoms with Gasteiger partial charge in [0.25, 0.3) is 0 Å². The Balaban J connectivity index is 2.40. The third-order valence-electron chi connectivity index (χ3n) is 3.20. The van der Waals surface area contributed by atoms with Gasteiger partial charge in [-0.1, -0.05) is 6.92 Å². The molecular weight excluding hydrogens is 190 g/mol. The highest BCUT2D eigenvalue weighted by Crippen LogP contribution is 2.11. The number of amides is 1. The topological polar surface area (TPSA) is 49.6 Å². The first-order valence-corrected chi connectivity index (χ1v) is 5.87. The molecule has 1 fully saturated rings. The van der Waals surface area contributed by atoms with Crippen LogP contribution in [0.1, 0.15) is 26.2 Å². The van der Waals surface area contributed by atoms with Crippen LogP contribution in [-0.2, 0) is 4.79 Å². The van der Waals surface area contributed by atoms with Gasteiger partial charge in [0.15, 0.2) is 0 Å². The number of carbonyl (C=O) groups is 1. The average molecular weight is 213 g/mol. The Morgan fingerprint density at radius 2 is 2.20 bits per heavy atom. The summed E-state index contributed by atoms with van der Waals surface area (Å²) in [7, 11) is 2.13. The maximum atomic E-state index is 11.8. The molecule has 0 aromatic rings. The van der Waals surface area contributed by atoms with E-state index in [1.807, 2.05) is 4.90 Å². The molecule has 0 spiro atoms. The van der Waals surface area contributed by atoms with E-state index >= 15 is 0 Å². The molecule has 0 bridgehead atoms. The van der Waals surface area contributed by atoms with Crippen molar-refractivity contribution < 1.29 is 4.79 Å². The van der Waals surface area contributed by atoms with Gasteiger partial charge in [-0.2, -0.15) is 0 Å². The van der Waals surface area contributed by atoms with Crippen LogP contribution in [0.15, 0.2) is 0 Å². The maximum Gasteiger partial charge on any atom is 0.222 e. The Hall–Kier alpha value is -0.610. The van der Waals surface area contributed by atoms with Crippen LogP contribution >= 0.6 is 0 Å². The number of rotatable bonds is 4. The molecular formula is C11H23N3O. The summed E-state index contributed by atoms with van der Waals surface area (Å²) in [6.45, 7) is 5.53. The van der Waals surface area contributed by atoms with E-state index in [1.54, 1.807) is 0 Å². The molecule has 4 heteroatoms.